The SMILES string of the molecule is O=C(O)Cn1nnnc1-c1ccc(F)cc1F. The smallest absolute Gasteiger partial charge is 0.325 e. The Bertz CT molecular complexity index is 570. The van der Waals surface area contributed by atoms with E-state index in [1.165, 1.54) is 0 Å². The minimum absolute atomic E-state index is 0.0577. The van der Waals surface area contributed by atoms with Gasteiger partial charge in [0.1, 0.15) is 18.2 Å². The van der Waals surface area contributed by atoms with Crippen LogP contribution in [0.5, 0.6) is 0 Å². The summed E-state index contributed by atoms with van der Waals surface area (Å²) in [6, 6.07) is 2.86. The molecule has 88 valence electrons. The van der Waals surface area contributed by atoms with Gasteiger partial charge in [0.15, 0.2) is 5.82 Å². The van der Waals surface area contributed by atoms with Crippen molar-refractivity contribution in [2.45, 2.75) is 6.54 Å². The van der Waals surface area contributed by atoms with Crippen LogP contribution in [0.1, 0.15) is 0 Å². The van der Waals surface area contributed by atoms with Gasteiger partial charge in [0.25, 0.3) is 0 Å². The number of aliphatic carboxylic acids is 1. The molecule has 0 bridgehead atoms. The van der Waals surface area contributed by atoms with E-state index in [1.807, 2.05) is 0 Å². The van der Waals surface area contributed by atoms with Crippen molar-refractivity contribution < 1.29 is 18.7 Å². The Labute approximate surface area is 93.5 Å². The molecule has 1 heterocycles. The Morgan fingerprint density at radius 2 is 2.18 bits per heavy atom. The van der Waals surface area contributed by atoms with Crippen molar-refractivity contribution in [3.05, 3.63) is 29.8 Å². The molecule has 1 aromatic carbocycles. The largest absolute Gasteiger partial charge is 0.480 e. The molecule has 0 amide bonds. The lowest BCUT2D eigenvalue weighted by Crippen LogP contribution is -2.12. The number of carboxylic acid groups (broad SMARTS) is 1. The molecule has 0 aliphatic heterocycles. The molecule has 0 aliphatic carbocycles. The van der Waals surface area contributed by atoms with Crippen molar-refractivity contribution in [2.75, 3.05) is 0 Å². The molecule has 0 fully saturated rings. The number of tetrazole rings is 1. The van der Waals surface area contributed by atoms with Gasteiger partial charge in [-0.05, 0) is 22.6 Å². The number of rotatable bonds is 3. The first-order chi connectivity index (χ1) is 8.08. The first kappa shape index (κ1) is 11.1. The number of carbonyl (C=O) groups is 1. The predicted octanol–water partition coefficient (Wildman–Crippen LogP) is 0.703. The van der Waals surface area contributed by atoms with Crippen LogP contribution < -0.4 is 0 Å². The zero-order valence-corrected chi connectivity index (χ0v) is 8.34. The zero-order chi connectivity index (χ0) is 12.4. The summed E-state index contributed by atoms with van der Waals surface area (Å²) < 4.78 is 27.1. The maximum Gasteiger partial charge on any atom is 0.325 e. The van der Waals surface area contributed by atoms with E-state index in [9.17, 15) is 13.6 Å². The van der Waals surface area contributed by atoms with Gasteiger partial charge in [-0.3, -0.25) is 4.79 Å². The Morgan fingerprint density at radius 3 is 2.82 bits per heavy atom. The van der Waals surface area contributed by atoms with E-state index in [0.29, 0.717) is 6.07 Å². The molecule has 0 saturated heterocycles. The molecule has 2 aromatic rings. The van der Waals surface area contributed by atoms with E-state index in [4.69, 9.17) is 5.11 Å². The van der Waals surface area contributed by atoms with Gasteiger partial charge < -0.3 is 5.11 Å². The normalized spacial score (nSPS) is 10.5. The number of hydrogen-bond acceptors (Lipinski definition) is 4. The lowest BCUT2D eigenvalue weighted by molar-refractivity contribution is -0.137. The fraction of sp³-hybridized carbons (Fsp3) is 0.111. The summed E-state index contributed by atoms with van der Waals surface area (Å²) in [7, 11) is 0. The Morgan fingerprint density at radius 1 is 1.41 bits per heavy atom. The van der Waals surface area contributed by atoms with Gasteiger partial charge in [0, 0.05) is 6.07 Å². The summed E-state index contributed by atoms with van der Waals surface area (Å²) in [6.45, 7) is -0.501. The fourth-order valence-corrected chi connectivity index (χ4v) is 1.30. The molecular weight excluding hydrogens is 234 g/mol. The summed E-state index contributed by atoms with van der Waals surface area (Å²) in [5, 5.41) is 18.8. The minimum atomic E-state index is -1.17. The Kier molecular flexibility index (Phi) is 2.77. The van der Waals surface area contributed by atoms with Crippen molar-refractivity contribution >= 4 is 5.97 Å². The molecule has 8 heteroatoms. The minimum Gasteiger partial charge on any atom is -0.480 e. The number of carboxylic acids is 1. The second-order valence-corrected chi connectivity index (χ2v) is 3.18. The molecular formula is C9H6F2N4O2. The standard InChI is InChI=1S/C9H6F2N4O2/c10-5-1-2-6(7(11)3-5)9-12-13-14-15(9)4-8(16)17/h1-3H,4H2,(H,16,17). The highest BCUT2D eigenvalue weighted by Gasteiger charge is 2.15. The Balaban J connectivity index is 2.46. The molecule has 17 heavy (non-hydrogen) atoms. The summed E-state index contributed by atoms with van der Waals surface area (Å²) in [6.07, 6.45) is 0. The topological polar surface area (TPSA) is 80.9 Å². The molecule has 1 aromatic heterocycles. The third-order valence-corrected chi connectivity index (χ3v) is 1.99. The van der Waals surface area contributed by atoms with Gasteiger partial charge in [0.2, 0.25) is 0 Å². The summed E-state index contributed by atoms with van der Waals surface area (Å²) in [5.41, 5.74) is -0.0577. The molecule has 0 saturated carbocycles. The maximum absolute atomic E-state index is 13.4. The highest BCUT2D eigenvalue weighted by Crippen LogP contribution is 2.20. The van der Waals surface area contributed by atoms with Crippen molar-refractivity contribution in [3.63, 3.8) is 0 Å². The molecule has 6 nitrogen and oxygen atoms in total. The summed E-state index contributed by atoms with van der Waals surface area (Å²) >= 11 is 0. The lowest BCUT2D eigenvalue weighted by atomic mass is 10.2. The molecule has 1 N–H and O–H groups in total. The number of nitrogens with zero attached hydrogens (tertiary/aromatic N) is 4. The van der Waals surface area contributed by atoms with Gasteiger partial charge >= 0.3 is 5.97 Å². The Hall–Kier alpha value is -2.38. The molecule has 2 rings (SSSR count). The highest BCUT2D eigenvalue weighted by molar-refractivity contribution is 5.67. The van der Waals surface area contributed by atoms with Crippen molar-refractivity contribution in [2.24, 2.45) is 0 Å². The van der Waals surface area contributed by atoms with E-state index in [1.54, 1.807) is 0 Å². The van der Waals surface area contributed by atoms with Crippen LogP contribution >= 0.6 is 0 Å². The van der Waals surface area contributed by atoms with Crippen LogP contribution in [0.4, 0.5) is 8.78 Å². The van der Waals surface area contributed by atoms with E-state index in [-0.39, 0.29) is 11.4 Å². The van der Waals surface area contributed by atoms with Crippen molar-refractivity contribution in [3.8, 4) is 11.4 Å². The molecule has 0 radical (unpaired) electrons. The summed E-state index contributed by atoms with van der Waals surface area (Å²) in [4.78, 5) is 10.5. The molecule has 0 aliphatic rings. The van der Waals surface area contributed by atoms with Gasteiger partial charge in [-0.15, -0.1) is 5.10 Å². The number of aromatic nitrogens is 4. The van der Waals surface area contributed by atoms with E-state index in [0.717, 1.165) is 16.8 Å². The second kappa shape index (κ2) is 4.24. The number of hydrogen-bond donors (Lipinski definition) is 1. The van der Waals surface area contributed by atoms with Crippen LogP contribution in [-0.2, 0) is 11.3 Å². The van der Waals surface area contributed by atoms with Gasteiger partial charge in [-0.1, -0.05) is 0 Å². The average molecular weight is 240 g/mol. The molecule has 0 atom stereocenters. The molecule has 0 spiro atoms. The first-order valence-electron chi connectivity index (χ1n) is 4.51. The third kappa shape index (κ3) is 2.25. The van der Waals surface area contributed by atoms with Crippen LogP contribution in [0, 0.1) is 11.6 Å². The average Bonchev–Trinajstić information content (AvgIpc) is 2.65. The van der Waals surface area contributed by atoms with Crippen LogP contribution in [0.3, 0.4) is 0 Å². The fourth-order valence-electron chi connectivity index (χ4n) is 1.30. The number of halogens is 2. The van der Waals surface area contributed by atoms with Crippen LogP contribution in [0.2, 0.25) is 0 Å². The highest BCUT2D eigenvalue weighted by atomic mass is 19.1. The zero-order valence-electron chi connectivity index (χ0n) is 8.34. The van der Waals surface area contributed by atoms with Gasteiger partial charge in [-0.2, -0.15) is 0 Å². The number of benzene rings is 1. The van der Waals surface area contributed by atoms with E-state index < -0.39 is 24.1 Å². The third-order valence-electron chi connectivity index (χ3n) is 1.99. The predicted molar refractivity (Wildman–Crippen MR) is 50.8 cm³/mol. The van der Waals surface area contributed by atoms with Crippen molar-refractivity contribution in [1.29, 1.82) is 0 Å². The van der Waals surface area contributed by atoms with Crippen LogP contribution in [0.25, 0.3) is 11.4 Å². The van der Waals surface area contributed by atoms with Crippen LogP contribution in [0.15, 0.2) is 18.2 Å². The van der Waals surface area contributed by atoms with Gasteiger partial charge in [0.05, 0.1) is 5.56 Å². The van der Waals surface area contributed by atoms with E-state index >= 15 is 0 Å². The monoisotopic (exact) mass is 240 g/mol. The van der Waals surface area contributed by atoms with E-state index in [2.05, 4.69) is 15.5 Å². The van der Waals surface area contributed by atoms with Crippen molar-refractivity contribution in [1.82, 2.24) is 20.2 Å². The lowest BCUT2D eigenvalue weighted by Gasteiger charge is -2.02. The maximum atomic E-state index is 13.4. The molecule has 0 unspecified atom stereocenters. The quantitative estimate of drug-likeness (QED) is 0.854. The van der Waals surface area contributed by atoms with Crippen LogP contribution in [-0.4, -0.2) is 31.3 Å². The van der Waals surface area contributed by atoms with Gasteiger partial charge in [-0.25, -0.2) is 13.5 Å². The second-order valence-electron chi connectivity index (χ2n) is 3.18. The summed E-state index contributed by atoms with van der Waals surface area (Å²) in [5.74, 6) is -2.82. The first-order valence-corrected chi connectivity index (χ1v) is 4.51.